The molecule has 1 heterocycles. The average molecular weight is 192 g/mol. The summed E-state index contributed by atoms with van der Waals surface area (Å²) < 4.78 is 1.43. The topological polar surface area (TPSA) is 75.4 Å². The molecule has 5 nitrogen and oxygen atoms in total. The van der Waals surface area contributed by atoms with Crippen LogP contribution in [0.5, 0.6) is 5.75 Å². The SMILES string of the molecule is Cn1nc(C(=O)O)c2ccc(O)cc21. The number of phenolic OH excluding ortho intramolecular Hbond substituents is 1. The zero-order chi connectivity index (χ0) is 10.3. The third-order valence-electron chi connectivity index (χ3n) is 2.04. The van der Waals surface area contributed by atoms with Gasteiger partial charge in [-0.3, -0.25) is 4.68 Å². The predicted molar refractivity (Wildman–Crippen MR) is 49.3 cm³/mol. The first kappa shape index (κ1) is 8.55. The minimum Gasteiger partial charge on any atom is -0.508 e. The van der Waals surface area contributed by atoms with Crippen LogP contribution in [0.1, 0.15) is 10.5 Å². The third-order valence-corrected chi connectivity index (χ3v) is 2.04. The maximum Gasteiger partial charge on any atom is 0.357 e. The van der Waals surface area contributed by atoms with E-state index >= 15 is 0 Å². The smallest absolute Gasteiger partial charge is 0.357 e. The molecular weight excluding hydrogens is 184 g/mol. The minimum absolute atomic E-state index is 0.00231. The highest BCUT2D eigenvalue weighted by Gasteiger charge is 2.14. The van der Waals surface area contributed by atoms with E-state index in [1.54, 1.807) is 13.1 Å². The summed E-state index contributed by atoms with van der Waals surface area (Å²) in [7, 11) is 1.63. The van der Waals surface area contributed by atoms with Crippen LogP contribution in [-0.4, -0.2) is 26.0 Å². The van der Waals surface area contributed by atoms with Gasteiger partial charge >= 0.3 is 5.97 Å². The molecule has 0 saturated carbocycles. The van der Waals surface area contributed by atoms with Gasteiger partial charge in [-0.25, -0.2) is 4.79 Å². The van der Waals surface area contributed by atoms with Crippen LogP contribution in [0.25, 0.3) is 10.9 Å². The number of benzene rings is 1. The van der Waals surface area contributed by atoms with E-state index in [1.807, 2.05) is 0 Å². The Morgan fingerprint density at radius 2 is 2.21 bits per heavy atom. The van der Waals surface area contributed by atoms with Gasteiger partial charge in [0.1, 0.15) is 5.75 Å². The fourth-order valence-corrected chi connectivity index (χ4v) is 1.40. The monoisotopic (exact) mass is 192 g/mol. The molecule has 14 heavy (non-hydrogen) atoms. The first-order valence-corrected chi connectivity index (χ1v) is 3.98. The van der Waals surface area contributed by atoms with Crippen LogP contribution in [0.3, 0.4) is 0 Å². The molecule has 0 fully saturated rings. The van der Waals surface area contributed by atoms with Gasteiger partial charge in [0.05, 0.1) is 5.52 Å². The van der Waals surface area contributed by atoms with Crippen molar-refractivity contribution in [3.05, 3.63) is 23.9 Å². The summed E-state index contributed by atoms with van der Waals surface area (Å²) in [4.78, 5) is 10.8. The molecule has 0 radical (unpaired) electrons. The van der Waals surface area contributed by atoms with Crippen molar-refractivity contribution in [3.63, 3.8) is 0 Å². The lowest BCUT2D eigenvalue weighted by Gasteiger charge is -1.94. The van der Waals surface area contributed by atoms with Gasteiger partial charge in [-0.15, -0.1) is 0 Å². The second-order valence-electron chi connectivity index (χ2n) is 2.98. The number of aryl methyl sites for hydroxylation is 1. The Balaban J connectivity index is 2.84. The molecule has 0 bridgehead atoms. The lowest BCUT2D eigenvalue weighted by molar-refractivity contribution is 0.0691. The molecule has 1 aromatic carbocycles. The van der Waals surface area contributed by atoms with Crippen molar-refractivity contribution in [2.24, 2.45) is 7.05 Å². The molecule has 0 unspecified atom stereocenters. The van der Waals surface area contributed by atoms with Gasteiger partial charge in [0.15, 0.2) is 5.69 Å². The highest BCUT2D eigenvalue weighted by molar-refractivity contribution is 6.01. The summed E-state index contributed by atoms with van der Waals surface area (Å²) in [6, 6.07) is 4.46. The van der Waals surface area contributed by atoms with Crippen molar-refractivity contribution >= 4 is 16.9 Å². The zero-order valence-electron chi connectivity index (χ0n) is 7.43. The Labute approximate surface area is 79.2 Å². The largest absolute Gasteiger partial charge is 0.508 e. The fourth-order valence-electron chi connectivity index (χ4n) is 1.40. The number of aromatic hydroxyl groups is 1. The normalized spacial score (nSPS) is 10.6. The van der Waals surface area contributed by atoms with Gasteiger partial charge in [-0.2, -0.15) is 5.10 Å². The van der Waals surface area contributed by atoms with Gasteiger partial charge < -0.3 is 10.2 Å². The van der Waals surface area contributed by atoms with Crippen molar-refractivity contribution in [1.82, 2.24) is 9.78 Å². The number of aromatic nitrogens is 2. The van der Waals surface area contributed by atoms with Crippen LogP contribution in [0.2, 0.25) is 0 Å². The highest BCUT2D eigenvalue weighted by atomic mass is 16.4. The van der Waals surface area contributed by atoms with Crippen LogP contribution >= 0.6 is 0 Å². The standard InChI is InChI=1S/C9H8N2O3/c1-11-7-4-5(12)2-3-6(7)8(10-11)9(13)14/h2-4,12H,1H3,(H,13,14). The van der Waals surface area contributed by atoms with E-state index in [1.165, 1.54) is 16.8 Å². The number of hydrogen-bond donors (Lipinski definition) is 2. The van der Waals surface area contributed by atoms with E-state index in [9.17, 15) is 9.90 Å². The summed E-state index contributed by atoms with van der Waals surface area (Å²) >= 11 is 0. The van der Waals surface area contributed by atoms with Gasteiger partial charge in [-0.05, 0) is 12.1 Å². The molecule has 0 aliphatic carbocycles. The molecule has 0 spiro atoms. The number of hydrogen-bond acceptors (Lipinski definition) is 3. The predicted octanol–water partition coefficient (Wildman–Crippen LogP) is 0.977. The van der Waals surface area contributed by atoms with E-state index in [4.69, 9.17) is 5.11 Å². The summed E-state index contributed by atoms with van der Waals surface area (Å²) in [5.41, 5.74) is 0.602. The van der Waals surface area contributed by atoms with Gasteiger partial charge in [0.2, 0.25) is 0 Å². The summed E-state index contributed by atoms with van der Waals surface area (Å²) in [6.07, 6.45) is 0. The number of aromatic carboxylic acids is 1. The maximum absolute atomic E-state index is 10.8. The van der Waals surface area contributed by atoms with Crippen molar-refractivity contribution in [1.29, 1.82) is 0 Å². The van der Waals surface area contributed by atoms with Crippen molar-refractivity contribution in [2.75, 3.05) is 0 Å². The molecule has 0 saturated heterocycles. The number of nitrogens with zero attached hydrogens (tertiary/aromatic N) is 2. The van der Waals surface area contributed by atoms with Crippen LogP contribution in [-0.2, 0) is 7.05 Å². The van der Waals surface area contributed by atoms with E-state index in [0.717, 1.165) is 0 Å². The molecular formula is C9H8N2O3. The van der Waals surface area contributed by atoms with Gasteiger partial charge in [0, 0.05) is 18.5 Å². The molecule has 5 heteroatoms. The first-order chi connectivity index (χ1) is 6.59. The summed E-state index contributed by atoms with van der Waals surface area (Å²) in [5.74, 6) is -0.973. The molecule has 1 aromatic heterocycles. The highest BCUT2D eigenvalue weighted by Crippen LogP contribution is 2.22. The van der Waals surface area contributed by atoms with Crippen LogP contribution in [0, 0.1) is 0 Å². The molecule has 72 valence electrons. The quantitative estimate of drug-likeness (QED) is 0.706. The van der Waals surface area contributed by atoms with Crippen LogP contribution in [0.4, 0.5) is 0 Å². The Bertz CT molecular complexity index is 516. The molecule has 2 aromatic rings. The molecule has 0 aliphatic rings. The Morgan fingerprint density at radius 1 is 1.50 bits per heavy atom. The van der Waals surface area contributed by atoms with Gasteiger partial charge in [0.25, 0.3) is 0 Å². The number of rotatable bonds is 1. The number of fused-ring (bicyclic) bond motifs is 1. The Morgan fingerprint density at radius 3 is 2.86 bits per heavy atom. The molecule has 0 amide bonds. The van der Waals surface area contributed by atoms with Crippen molar-refractivity contribution in [3.8, 4) is 5.75 Å². The molecule has 2 N–H and O–H groups in total. The van der Waals surface area contributed by atoms with Gasteiger partial charge in [-0.1, -0.05) is 0 Å². The number of carboxylic acids is 1. The number of phenols is 1. The van der Waals surface area contributed by atoms with E-state index < -0.39 is 5.97 Å². The number of carboxylic acid groups (broad SMARTS) is 1. The molecule has 2 rings (SSSR count). The second-order valence-corrected chi connectivity index (χ2v) is 2.98. The zero-order valence-corrected chi connectivity index (χ0v) is 7.43. The van der Waals surface area contributed by atoms with E-state index in [-0.39, 0.29) is 11.4 Å². The molecule has 0 atom stereocenters. The van der Waals surface area contributed by atoms with Crippen LogP contribution < -0.4 is 0 Å². The fraction of sp³-hybridized carbons (Fsp3) is 0.111. The summed E-state index contributed by atoms with van der Waals surface area (Å²) in [6.45, 7) is 0. The average Bonchev–Trinajstić information content (AvgIpc) is 2.44. The Hall–Kier alpha value is -2.04. The molecule has 0 aliphatic heterocycles. The number of carbonyl (C=O) groups is 1. The lowest BCUT2D eigenvalue weighted by Crippen LogP contribution is -1.99. The van der Waals surface area contributed by atoms with Crippen LogP contribution in [0.15, 0.2) is 18.2 Å². The maximum atomic E-state index is 10.8. The Kier molecular flexibility index (Phi) is 1.67. The van der Waals surface area contributed by atoms with E-state index in [0.29, 0.717) is 10.9 Å². The van der Waals surface area contributed by atoms with Crippen molar-refractivity contribution in [2.45, 2.75) is 0 Å². The second kappa shape index (κ2) is 2.73. The van der Waals surface area contributed by atoms with E-state index in [2.05, 4.69) is 5.10 Å². The van der Waals surface area contributed by atoms with Crippen molar-refractivity contribution < 1.29 is 15.0 Å². The lowest BCUT2D eigenvalue weighted by atomic mass is 10.2. The third kappa shape index (κ3) is 1.10. The first-order valence-electron chi connectivity index (χ1n) is 3.98. The minimum atomic E-state index is -1.07. The summed E-state index contributed by atoms with van der Waals surface area (Å²) in [5, 5.41) is 22.4.